The smallest absolute Gasteiger partial charge is 0.258 e. The van der Waals surface area contributed by atoms with Crippen molar-refractivity contribution in [1.29, 1.82) is 0 Å². The Morgan fingerprint density at radius 2 is 1.71 bits per heavy atom. The Kier molecular flexibility index (Phi) is 6.72. The molecule has 0 bridgehead atoms. The third-order valence-corrected chi connectivity index (χ3v) is 2.97. The molecule has 0 saturated heterocycles. The molecule has 0 spiro atoms. The van der Waals surface area contributed by atoms with Crippen LogP contribution in [0.15, 0.2) is 24.3 Å². The molecular formula is C16H24N2O3. The van der Waals surface area contributed by atoms with Gasteiger partial charge in [0.25, 0.3) is 11.8 Å². The molecule has 0 saturated carbocycles. The summed E-state index contributed by atoms with van der Waals surface area (Å²) in [6, 6.07) is 6.95. The molecule has 1 aromatic rings. The predicted molar refractivity (Wildman–Crippen MR) is 82.5 cm³/mol. The van der Waals surface area contributed by atoms with Gasteiger partial charge in [0.1, 0.15) is 5.75 Å². The van der Waals surface area contributed by atoms with Crippen molar-refractivity contribution in [2.45, 2.75) is 33.7 Å². The second kappa shape index (κ2) is 8.29. The van der Waals surface area contributed by atoms with Gasteiger partial charge < -0.3 is 15.0 Å². The van der Waals surface area contributed by atoms with Gasteiger partial charge in [-0.05, 0) is 52.0 Å². The summed E-state index contributed by atoms with van der Waals surface area (Å²) >= 11 is 0. The van der Waals surface area contributed by atoms with E-state index in [0.717, 1.165) is 0 Å². The maximum atomic E-state index is 12.1. The van der Waals surface area contributed by atoms with Crippen molar-refractivity contribution in [3.05, 3.63) is 29.8 Å². The topological polar surface area (TPSA) is 58.6 Å². The summed E-state index contributed by atoms with van der Waals surface area (Å²) in [6.07, 6.45) is 0. The Labute approximate surface area is 126 Å². The summed E-state index contributed by atoms with van der Waals surface area (Å²) in [6.45, 7) is 9.03. The van der Waals surface area contributed by atoms with Crippen LogP contribution in [0.5, 0.6) is 5.75 Å². The molecule has 1 N–H and O–H groups in total. The van der Waals surface area contributed by atoms with Crippen molar-refractivity contribution in [2.75, 3.05) is 19.7 Å². The second-order valence-electron chi connectivity index (χ2n) is 5.01. The van der Waals surface area contributed by atoms with E-state index in [1.807, 2.05) is 27.7 Å². The van der Waals surface area contributed by atoms with Crippen LogP contribution in [0, 0.1) is 0 Å². The summed E-state index contributed by atoms with van der Waals surface area (Å²) in [5, 5.41) is 2.75. The number of carbonyl (C=O) groups is 2. The molecule has 0 radical (unpaired) electrons. The third-order valence-electron chi connectivity index (χ3n) is 2.97. The van der Waals surface area contributed by atoms with Crippen molar-refractivity contribution >= 4 is 11.8 Å². The number of ether oxygens (including phenoxy) is 1. The van der Waals surface area contributed by atoms with E-state index in [2.05, 4.69) is 5.32 Å². The average molecular weight is 292 g/mol. The van der Waals surface area contributed by atoms with E-state index >= 15 is 0 Å². The second-order valence-corrected chi connectivity index (χ2v) is 5.01. The van der Waals surface area contributed by atoms with Crippen molar-refractivity contribution in [2.24, 2.45) is 0 Å². The van der Waals surface area contributed by atoms with Gasteiger partial charge in [-0.3, -0.25) is 9.59 Å². The number of nitrogens with zero attached hydrogens (tertiary/aromatic N) is 1. The molecule has 0 aromatic heterocycles. The van der Waals surface area contributed by atoms with Crippen LogP contribution in [0.1, 0.15) is 38.1 Å². The zero-order valence-corrected chi connectivity index (χ0v) is 13.2. The van der Waals surface area contributed by atoms with Crippen molar-refractivity contribution in [3.63, 3.8) is 0 Å². The first-order valence-electron chi connectivity index (χ1n) is 7.29. The average Bonchev–Trinajstić information content (AvgIpc) is 2.46. The van der Waals surface area contributed by atoms with Crippen LogP contribution in [-0.4, -0.2) is 42.5 Å². The van der Waals surface area contributed by atoms with Gasteiger partial charge in [-0.2, -0.15) is 0 Å². The lowest BCUT2D eigenvalue weighted by atomic mass is 10.2. The molecule has 21 heavy (non-hydrogen) atoms. The number of amides is 2. The molecule has 0 atom stereocenters. The molecular weight excluding hydrogens is 268 g/mol. The van der Waals surface area contributed by atoms with Crippen LogP contribution in [-0.2, 0) is 4.79 Å². The Morgan fingerprint density at radius 1 is 1.14 bits per heavy atom. The molecule has 0 aliphatic rings. The fourth-order valence-corrected chi connectivity index (χ4v) is 1.90. The minimum Gasteiger partial charge on any atom is -0.484 e. The Balaban J connectivity index is 2.58. The van der Waals surface area contributed by atoms with E-state index in [4.69, 9.17) is 4.74 Å². The van der Waals surface area contributed by atoms with Crippen LogP contribution in [0.4, 0.5) is 0 Å². The Bertz CT molecular complexity index is 465. The third kappa shape index (κ3) is 5.45. The maximum absolute atomic E-state index is 12.1. The molecule has 1 rings (SSSR count). The van der Waals surface area contributed by atoms with Crippen LogP contribution in [0.3, 0.4) is 0 Å². The van der Waals surface area contributed by atoms with Crippen LogP contribution in [0.2, 0.25) is 0 Å². The lowest BCUT2D eigenvalue weighted by Crippen LogP contribution is -2.34. The zero-order chi connectivity index (χ0) is 15.8. The highest BCUT2D eigenvalue weighted by atomic mass is 16.5. The number of carbonyl (C=O) groups excluding carboxylic acids is 2. The Morgan fingerprint density at radius 3 is 2.19 bits per heavy atom. The predicted octanol–water partition coefficient (Wildman–Crippen LogP) is 2.07. The van der Waals surface area contributed by atoms with E-state index in [9.17, 15) is 9.59 Å². The first-order chi connectivity index (χ1) is 9.97. The van der Waals surface area contributed by atoms with E-state index in [0.29, 0.717) is 24.4 Å². The normalized spacial score (nSPS) is 10.3. The molecule has 116 valence electrons. The summed E-state index contributed by atoms with van der Waals surface area (Å²) in [5.41, 5.74) is 0.623. The summed E-state index contributed by atoms with van der Waals surface area (Å²) in [7, 11) is 0. The molecule has 0 fully saturated rings. The standard InChI is InChI=1S/C16H24N2O3/c1-5-18(6-2)16(20)13-7-9-14(10-8-13)21-11-15(19)17-12(3)4/h7-10,12H,5-6,11H2,1-4H3,(H,17,19). The van der Waals surface area contributed by atoms with Crippen LogP contribution in [0.25, 0.3) is 0 Å². The maximum Gasteiger partial charge on any atom is 0.258 e. The van der Waals surface area contributed by atoms with Gasteiger partial charge in [-0.15, -0.1) is 0 Å². The van der Waals surface area contributed by atoms with Gasteiger partial charge in [0.05, 0.1) is 0 Å². The van der Waals surface area contributed by atoms with E-state index in [1.54, 1.807) is 29.2 Å². The quantitative estimate of drug-likeness (QED) is 0.837. The molecule has 5 heteroatoms. The molecule has 5 nitrogen and oxygen atoms in total. The number of hydrogen-bond donors (Lipinski definition) is 1. The summed E-state index contributed by atoms with van der Waals surface area (Å²) < 4.78 is 5.38. The summed E-state index contributed by atoms with van der Waals surface area (Å²) in [5.74, 6) is 0.419. The molecule has 0 aliphatic carbocycles. The van der Waals surface area contributed by atoms with Crippen LogP contribution < -0.4 is 10.1 Å². The highest BCUT2D eigenvalue weighted by molar-refractivity contribution is 5.94. The SMILES string of the molecule is CCN(CC)C(=O)c1ccc(OCC(=O)NC(C)C)cc1. The van der Waals surface area contributed by atoms with Gasteiger partial charge in [-0.1, -0.05) is 0 Å². The number of benzene rings is 1. The highest BCUT2D eigenvalue weighted by Crippen LogP contribution is 2.13. The van der Waals surface area contributed by atoms with Crippen molar-refractivity contribution in [1.82, 2.24) is 10.2 Å². The lowest BCUT2D eigenvalue weighted by molar-refractivity contribution is -0.123. The van der Waals surface area contributed by atoms with Gasteiger partial charge in [0.15, 0.2) is 6.61 Å². The largest absolute Gasteiger partial charge is 0.484 e. The fraction of sp³-hybridized carbons (Fsp3) is 0.500. The number of nitrogens with one attached hydrogen (secondary N) is 1. The highest BCUT2D eigenvalue weighted by Gasteiger charge is 2.12. The van der Waals surface area contributed by atoms with E-state index in [-0.39, 0.29) is 24.5 Å². The van der Waals surface area contributed by atoms with Gasteiger partial charge >= 0.3 is 0 Å². The van der Waals surface area contributed by atoms with Crippen molar-refractivity contribution < 1.29 is 14.3 Å². The first kappa shape index (κ1) is 17.0. The first-order valence-corrected chi connectivity index (χ1v) is 7.29. The molecule has 1 aromatic carbocycles. The zero-order valence-electron chi connectivity index (χ0n) is 13.2. The molecule has 2 amide bonds. The molecule has 0 heterocycles. The molecule has 0 unspecified atom stereocenters. The Hall–Kier alpha value is -2.04. The minimum atomic E-state index is -0.159. The van der Waals surface area contributed by atoms with Gasteiger partial charge in [-0.25, -0.2) is 0 Å². The number of hydrogen-bond acceptors (Lipinski definition) is 3. The monoisotopic (exact) mass is 292 g/mol. The van der Waals surface area contributed by atoms with Crippen molar-refractivity contribution in [3.8, 4) is 5.75 Å². The van der Waals surface area contributed by atoms with Crippen LogP contribution >= 0.6 is 0 Å². The van der Waals surface area contributed by atoms with Gasteiger partial charge in [0.2, 0.25) is 0 Å². The van der Waals surface area contributed by atoms with E-state index < -0.39 is 0 Å². The minimum absolute atomic E-state index is 0.00380. The lowest BCUT2D eigenvalue weighted by Gasteiger charge is -2.18. The van der Waals surface area contributed by atoms with E-state index in [1.165, 1.54) is 0 Å². The van der Waals surface area contributed by atoms with Gasteiger partial charge in [0, 0.05) is 24.7 Å². The summed E-state index contributed by atoms with van der Waals surface area (Å²) in [4.78, 5) is 25.4. The fourth-order valence-electron chi connectivity index (χ4n) is 1.90. The molecule has 0 aliphatic heterocycles. The number of rotatable bonds is 7.